The molecule has 7 nitrogen and oxygen atoms in total. The van der Waals surface area contributed by atoms with Crippen molar-refractivity contribution < 1.29 is 17.4 Å². The number of nitrogens with zero attached hydrogens (tertiary/aromatic N) is 2. The van der Waals surface area contributed by atoms with Crippen LogP contribution in [0, 0.1) is 0 Å². The van der Waals surface area contributed by atoms with E-state index >= 15 is 0 Å². The van der Waals surface area contributed by atoms with Crippen LogP contribution in [0.3, 0.4) is 0 Å². The predicted octanol–water partition coefficient (Wildman–Crippen LogP) is 2.74. The Balaban J connectivity index is 1.49. The van der Waals surface area contributed by atoms with Crippen molar-refractivity contribution in [1.29, 1.82) is 0 Å². The Labute approximate surface area is 174 Å². The lowest BCUT2D eigenvalue weighted by molar-refractivity contribution is -0.136. The van der Waals surface area contributed by atoms with Gasteiger partial charge >= 0.3 is 10.1 Å². The van der Waals surface area contributed by atoms with Gasteiger partial charge in [-0.3, -0.25) is 9.78 Å². The Morgan fingerprint density at radius 2 is 2.03 bits per heavy atom. The molecule has 152 valence electrons. The standard InChI is InChI=1S/C20H21N3O4S2/c1-29(25,26)27-16-5-2-4-15(12-16)17-6-3-11-23(19(17)24)20-22-18(13-28-20)14-7-9-21-10-8-14/h2,4-5,7-10,12-13,17,20,22H,3,6,11H2,1H3. The quantitative estimate of drug-likeness (QED) is 0.728. The van der Waals surface area contributed by atoms with Gasteiger partial charge in [-0.25, -0.2) is 0 Å². The van der Waals surface area contributed by atoms with Crippen LogP contribution in [-0.4, -0.2) is 42.5 Å². The summed E-state index contributed by atoms with van der Waals surface area (Å²) in [5.41, 5.74) is 2.61. The summed E-state index contributed by atoms with van der Waals surface area (Å²) in [6.07, 6.45) is 6.08. The Bertz CT molecular complexity index is 1040. The predicted molar refractivity (Wildman–Crippen MR) is 112 cm³/mol. The fourth-order valence-corrected chi connectivity index (χ4v) is 5.04. The van der Waals surface area contributed by atoms with Crippen molar-refractivity contribution >= 4 is 33.5 Å². The van der Waals surface area contributed by atoms with Crippen LogP contribution in [0.4, 0.5) is 0 Å². The van der Waals surface area contributed by atoms with Crippen molar-refractivity contribution in [2.45, 2.75) is 24.3 Å². The normalized spacial score (nSPS) is 22.2. The molecule has 2 unspecified atom stereocenters. The first kappa shape index (κ1) is 19.8. The first-order valence-corrected chi connectivity index (χ1v) is 12.0. The van der Waals surface area contributed by atoms with Crippen LogP contribution in [0.15, 0.2) is 54.2 Å². The van der Waals surface area contributed by atoms with Crippen molar-refractivity contribution in [3.8, 4) is 5.75 Å². The molecule has 0 saturated carbocycles. The minimum atomic E-state index is -3.61. The van der Waals surface area contributed by atoms with Crippen LogP contribution in [0.25, 0.3) is 5.70 Å². The fourth-order valence-electron chi connectivity index (χ4n) is 3.57. The minimum absolute atomic E-state index is 0.0298. The zero-order valence-corrected chi connectivity index (χ0v) is 17.4. The summed E-state index contributed by atoms with van der Waals surface area (Å²) in [5, 5.41) is 5.44. The van der Waals surface area contributed by atoms with Gasteiger partial charge in [-0.2, -0.15) is 8.42 Å². The molecule has 1 N–H and O–H groups in total. The van der Waals surface area contributed by atoms with Gasteiger partial charge in [0, 0.05) is 24.5 Å². The molecule has 1 aromatic carbocycles. The van der Waals surface area contributed by atoms with Gasteiger partial charge in [0.1, 0.15) is 5.75 Å². The number of likely N-dealkylation sites (tertiary alicyclic amines) is 1. The van der Waals surface area contributed by atoms with E-state index in [9.17, 15) is 13.2 Å². The number of hydrogen-bond acceptors (Lipinski definition) is 7. The van der Waals surface area contributed by atoms with Crippen molar-refractivity contribution in [3.05, 3.63) is 65.3 Å². The maximum Gasteiger partial charge on any atom is 0.306 e. The Kier molecular flexibility index (Phi) is 5.51. The van der Waals surface area contributed by atoms with E-state index in [4.69, 9.17) is 4.18 Å². The fraction of sp³-hybridized carbons (Fsp3) is 0.300. The summed E-state index contributed by atoms with van der Waals surface area (Å²) < 4.78 is 27.8. The molecular weight excluding hydrogens is 410 g/mol. The number of thioether (sulfide) groups is 1. The van der Waals surface area contributed by atoms with E-state index in [1.165, 1.54) is 0 Å². The largest absolute Gasteiger partial charge is 0.383 e. The van der Waals surface area contributed by atoms with Crippen LogP contribution in [-0.2, 0) is 14.9 Å². The molecule has 0 bridgehead atoms. The molecule has 1 saturated heterocycles. The van der Waals surface area contributed by atoms with Gasteiger partial charge in [-0.15, -0.1) is 0 Å². The monoisotopic (exact) mass is 431 g/mol. The molecule has 0 aliphatic carbocycles. The highest BCUT2D eigenvalue weighted by atomic mass is 32.2. The van der Waals surface area contributed by atoms with Gasteiger partial charge in [-0.05, 0) is 48.1 Å². The third-order valence-corrected chi connectivity index (χ3v) is 6.35. The van der Waals surface area contributed by atoms with Crippen molar-refractivity contribution in [3.63, 3.8) is 0 Å². The maximum atomic E-state index is 13.2. The highest BCUT2D eigenvalue weighted by Gasteiger charge is 2.36. The zero-order valence-electron chi connectivity index (χ0n) is 15.8. The Morgan fingerprint density at radius 1 is 1.24 bits per heavy atom. The van der Waals surface area contributed by atoms with Gasteiger partial charge in [0.15, 0.2) is 5.50 Å². The summed E-state index contributed by atoms with van der Waals surface area (Å²) in [7, 11) is -3.61. The number of rotatable bonds is 5. The van der Waals surface area contributed by atoms with E-state index in [-0.39, 0.29) is 23.1 Å². The van der Waals surface area contributed by atoms with Crippen LogP contribution < -0.4 is 9.50 Å². The summed E-state index contributed by atoms with van der Waals surface area (Å²) in [4.78, 5) is 19.1. The third-order valence-electron chi connectivity index (χ3n) is 4.85. The van der Waals surface area contributed by atoms with Gasteiger partial charge in [0.2, 0.25) is 5.91 Å². The molecule has 1 aromatic heterocycles. The van der Waals surface area contributed by atoms with Gasteiger partial charge < -0.3 is 14.4 Å². The van der Waals surface area contributed by atoms with Gasteiger partial charge in [0.05, 0.1) is 17.9 Å². The molecule has 1 amide bonds. The van der Waals surface area contributed by atoms with E-state index in [2.05, 4.69) is 10.3 Å². The molecule has 9 heteroatoms. The van der Waals surface area contributed by atoms with E-state index in [1.54, 1.807) is 42.4 Å². The highest BCUT2D eigenvalue weighted by molar-refractivity contribution is 8.03. The lowest BCUT2D eigenvalue weighted by Gasteiger charge is -2.36. The highest BCUT2D eigenvalue weighted by Crippen LogP contribution is 2.36. The number of benzene rings is 1. The molecule has 2 aliphatic rings. The number of carbonyl (C=O) groups excluding carboxylic acids is 1. The number of piperidine rings is 1. The van der Waals surface area contributed by atoms with Crippen LogP contribution in [0.1, 0.15) is 29.9 Å². The SMILES string of the molecule is CS(=O)(=O)Oc1cccc(C2CCCN(C3NC(c4ccncc4)=CS3)C2=O)c1. The topological polar surface area (TPSA) is 88.6 Å². The third kappa shape index (κ3) is 4.56. The van der Waals surface area contributed by atoms with E-state index < -0.39 is 10.1 Å². The molecule has 4 rings (SSSR count). The Hall–Kier alpha value is -2.52. The second-order valence-electron chi connectivity index (χ2n) is 6.99. The summed E-state index contributed by atoms with van der Waals surface area (Å²) >= 11 is 1.57. The van der Waals surface area contributed by atoms with Gasteiger partial charge in [0.25, 0.3) is 0 Å². The molecule has 2 atom stereocenters. The molecule has 3 heterocycles. The molecule has 0 radical (unpaired) electrons. The van der Waals surface area contributed by atoms with Crippen LogP contribution in [0.5, 0.6) is 5.75 Å². The molecule has 1 fully saturated rings. The summed E-state index contributed by atoms with van der Waals surface area (Å²) in [5.74, 6) is -0.0636. The number of aromatic nitrogens is 1. The first-order valence-electron chi connectivity index (χ1n) is 9.23. The molecule has 2 aliphatic heterocycles. The molecule has 0 spiro atoms. The number of nitrogens with one attached hydrogen (secondary N) is 1. The molecular formula is C20H21N3O4S2. The summed E-state index contributed by atoms with van der Waals surface area (Å²) in [6, 6.07) is 10.6. The van der Waals surface area contributed by atoms with Crippen molar-refractivity contribution in [1.82, 2.24) is 15.2 Å². The minimum Gasteiger partial charge on any atom is -0.383 e. The van der Waals surface area contributed by atoms with E-state index in [0.717, 1.165) is 35.9 Å². The second kappa shape index (κ2) is 8.08. The summed E-state index contributed by atoms with van der Waals surface area (Å²) in [6.45, 7) is 0.678. The van der Waals surface area contributed by atoms with Crippen molar-refractivity contribution in [2.75, 3.05) is 12.8 Å². The van der Waals surface area contributed by atoms with E-state index in [0.29, 0.717) is 6.54 Å². The molecule has 2 aromatic rings. The second-order valence-corrected chi connectivity index (χ2v) is 9.52. The number of carbonyl (C=O) groups is 1. The lowest BCUT2D eigenvalue weighted by atomic mass is 9.90. The van der Waals surface area contributed by atoms with E-state index in [1.807, 2.05) is 28.5 Å². The maximum absolute atomic E-state index is 13.2. The lowest BCUT2D eigenvalue weighted by Crippen LogP contribution is -2.49. The number of hydrogen-bond donors (Lipinski definition) is 1. The molecule has 29 heavy (non-hydrogen) atoms. The average molecular weight is 432 g/mol. The first-order chi connectivity index (χ1) is 13.9. The smallest absolute Gasteiger partial charge is 0.306 e. The van der Waals surface area contributed by atoms with Crippen LogP contribution >= 0.6 is 11.8 Å². The number of pyridine rings is 1. The van der Waals surface area contributed by atoms with Gasteiger partial charge in [-0.1, -0.05) is 23.9 Å². The average Bonchev–Trinajstić information content (AvgIpc) is 3.18. The zero-order chi connectivity index (χ0) is 20.4. The van der Waals surface area contributed by atoms with Crippen molar-refractivity contribution in [2.24, 2.45) is 0 Å². The number of amides is 1. The Morgan fingerprint density at radius 3 is 2.79 bits per heavy atom. The van der Waals surface area contributed by atoms with Crippen LogP contribution in [0.2, 0.25) is 0 Å².